The first kappa shape index (κ1) is 22.9. The number of hydrogen-bond donors (Lipinski definition) is 2. The Kier molecular flexibility index (Phi) is 8.07. The summed E-state index contributed by atoms with van der Waals surface area (Å²) in [5, 5.41) is 5.27. The zero-order valence-electron chi connectivity index (χ0n) is 16.5. The summed E-state index contributed by atoms with van der Waals surface area (Å²) in [6.07, 6.45) is 1.83. The van der Waals surface area contributed by atoms with Crippen molar-refractivity contribution in [1.29, 1.82) is 0 Å². The third-order valence-electron chi connectivity index (χ3n) is 4.54. The standard InChI is InChI=1S/C20H27ClN2O3S2/c1-5-14(6-2)19(18-8-7-11-27-18)22-20(24)16-12-15(9-10-17(16)21)28(25,26)23-13(3)4/h7-14,19,23H,5-6H2,1-4H3,(H,22,24). The van der Waals surface area contributed by atoms with Gasteiger partial charge in [0, 0.05) is 10.9 Å². The molecule has 1 aromatic heterocycles. The van der Waals surface area contributed by atoms with Crippen LogP contribution in [0.2, 0.25) is 5.02 Å². The summed E-state index contributed by atoms with van der Waals surface area (Å²) in [4.78, 5) is 14.1. The van der Waals surface area contributed by atoms with Gasteiger partial charge in [0.25, 0.3) is 5.91 Å². The minimum absolute atomic E-state index is 0.0194. The molecule has 1 atom stereocenters. The number of carbonyl (C=O) groups excluding carboxylic acids is 1. The van der Waals surface area contributed by atoms with Crippen molar-refractivity contribution in [2.45, 2.75) is 57.5 Å². The number of amides is 1. The van der Waals surface area contributed by atoms with E-state index >= 15 is 0 Å². The van der Waals surface area contributed by atoms with Crippen molar-refractivity contribution in [3.8, 4) is 0 Å². The number of sulfonamides is 1. The number of carbonyl (C=O) groups is 1. The quantitative estimate of drug-likeness (QED) is 0.574. The lowest BCUT2D eigenvalue weighted by Crippen LogP contribution is -2.33. The van der Waals surface area contributed by atoms with Crippen LogP contribution in [0.1, 0.15) is 61.8 Å². The molecule has 0 aliphatic carbocycles. The molecule has 1 unspecified atom stereocenters. The van der Waals surface area contributed by atoms with E-state index in [1.54, 1.807) is 25.2 Å². The second-order valence-corrected chi connectivity index (χ2v) is 10.1. The van der Waals surface area contributed by atoms with Crippen molar-refractivity contribution in [3.05, 3.63) is 51.2 Å². The van der Waals surface area contributed by atoms with E-state index in [2.05, 4.69) is 23.9 Å². The summed E-state index contributed by atoms with van der Waals surface area (Å²) in [6.45, 7) is 7.67. The van der Waals surface area contributed by atoms with Crippen LogP contribution in [0.25, 0.3) is 0 Å². The molecule has 1 aromatic carbocycles. The van der Waals surface area contributed by atoms with Crippen LogP contribution in [-0.2, 0) is 10.0 Å². The number of nitrogens with one attached hydrogen (secondary N) is 2. The molecule has 8 heteroatoms. The minimum atomic E-state index is -3.72. The van der Waals surface area contributed by atoms with Gasteiger partial charge in [-0.25, -0.2) is 13.1 Å². The zero-order chi connectivity index (χ0) is 20.9. The molecule has 2 rings (SSSR count). The normalized spacial score (nSPS) is 13.1. The molecule has 28 heavy (non-hydrogen) atoms. The highest BCUT2D eigenvalue weighted by molar-refractivity contribution is 7.89. The van der Waals surface area contributed by atoms with Gasteiger partial charge < -0.3 is 5.32 Å². The van der Waals surface area contributed by atoms with E-state index in [0.29, 0.717) is 0 Å². The Morgan fingerprint density at radius 2 is 1.86 bits per heavy atom. The molecular weight excluding hydrogens is 416 g/mol. The highest BCUT2D eigenvalue weighted by Gasteiger charge is 2.26. The van der Waals surface area contributed by atoms with Gasteiger partial charge in [-0.15, -0.1) is 11.3 Å². The van der Waals surface area contributed by atoms with Crippen LogP contribution in [0.4, 0.5) is 0 Å². The lowest BCUT2D eigenvalue weighted by Gasteiger charge is -2.26. The number of thiophene rings is 1. The number of benzene rings is 1. The summed E-state index contributed by atoms with van der Waals surface area (Å²) in [5.74, 6) is -0.104. The Morgan fingerprint density at radius 3 is 2.39 bits per heavy atom. The SMILES string of the molecule is CCC(CC)C(NC(=O)c1cc(S(=O)(=O)NC(C)C)ccc1Cl)c1cccs1. The van der Waals surface area contributed by atoms with Crippen molar-refractivity contribution in [2.75, 3.05) is 0 Å². The number of hydrogen-bond acceptors (Lipinski definition) is 4. The fourth-order valence-electron chi connectivity index (χ4n) is 3.09. The summed E-state index contributed by atoms with van der Waals surface area (Å²) >= 11 is 7.82. The Labute approximate surface area is 176 Å². The Bertz CT molecular complexity index is 892. The Hall–Kier alpha value is -1.41. The van der Waals surface area contributed by atoms with Crippen molar-refractivity contribution in [1.82, 2.24) is 10.0 Å². The fraction of sp³-hybridized carbons (Fsp3) is 0.450. The third-order valence-corrected chi connectivity index (χ3v) is 7.48. The maximum absolute atomic E-state index is 13.0. The van der Waals surface area contributed by atoms with Gasteiger partial charge in [-0.1, -0.05) is 44.4 Å². The zero-order valence-corrected chi connectivity index (χ0v) is 18.9. The van der Waals surface area contributed by atoms with E-state index in [0.717, 1.165) is 17.7 Å². The molecule has 0 saturated heterocycles. The smallest absolute Gasteiger partial charge is 0.253 e. The summed E-state index contributed by atoms with van der Waals surface area (Å²) < 4.78 is 27.4. The van der Waals surface area contributed by atoms with Crippen LogP contribution in [0.3, 0.4) is 0 Å². The molecule has 154 valence electrons. The van der Waals surface area contributed by atoms with E-state index in [-0.39, 0.29) is 39.4 Å². The highest BCUT2D eigenvalue weighted by Crippen LogP contribution is 2.31. The molecule has 2 N–H and O–H groups in total. The molecule has 1 amide bonds. The minimum Gasteiger partial charge on any atom is -0.344 e. The average molecular weight is 443 g/mol. The number of halogens is 1. The van der Waals surface area contributed by atoms with E-state index in [9.17, 15) is 13.2 Å². The molecule has 0 saturated carbocycles. The maximum atomic E-state index is 13.0. The van der Waals surface area contributed by atoms with E-state index in [1.807, 2.05) is 17.5 Å². The van der Waals surface area contributed by atoms with Crippen molar-refractivity contribution < 1.29 is 13.2 Å². The molecular formula is C20H27ClN2O3S2. The summed E-state index contributed by atoms with van der Waals surface area (Å²) in [7, 11) is -3.72. The van der Waals surface area contributed by atoms with E-state index in [4.69, 9.17) is 11.6 Å². The first-order chi connectivity index (χ1) is 13.2. The van der Waals surface area contributed by atoms with Crippen LogP contribution >= 0.6 is 22.9 Å². The molecule has 5 nitrogen and oxygen atoms in total. The Balaban J connectivity index is 2.35. The van der Waals surface area contributed by atoms with Crippen molar-refractivity contribution in [2.24, 2.45) is 5.92 Å². The lowest BCUT2D eigenvalue weighted by molar-refractivity contribution is 0.0920. The van der Waals surface area contributed by atoms with Gasteiger partial charge in [-0.3, -0.25) is 4.79 Å². The molecule has 0 aliphatic heterocycles. The monoisotopic (exact) mass is 442 g/mol. The van der Waals surface area contributed by atoms with Crippen molar-refractivity contribution in [3.63, 3.8) is 0 Å². The van der Waals surface area contributed by atoms with Gasteiger partial charge in [0.1, 0.15) is 0 Å². The summed E-state index contributed by atoms with van der Waals surface area (Å²) in [5.41, 5.74) is 0.154. The second kappa shape index (κ2) is 9.87. The highest BCUT2D eigenvalue weighted by atomic mass is 35.5. The van der Waals surface area contributed by atoms with Crippen LogP contribution < -0.4 is 10.0 Å². The van der Waals surface area contributed by atoms with Crippen LogP contribution in [-0.4, -0.2) is 20.4 Å². The second-order valence-electron chi connectivity index (χ2n) is 6.96. The maximum Gasteiger partial charge on any atom is 0.253 e. The Morgan fingerprint density at radius 1 is 1.18 bits per heavy atom. The fourth-order valence-corrected chi connectivity index (χ4v) is 5.44. The molecule has 1 heterocycles. The average Bonchev–Trinajstić information content (AvgIpc) is 3.15. The van der Waals surface area contributed by atoms with Gasteiger partial charge in [0.15, 0.2) is 0 Å². The predicted molar refractivity (Wildman–Crippen MR) is 116 cm³/mol. The van der Waals surface area contributed by atoms with Gasteiger partial charge in [0.2, 0.25) is 10.0 Å². The first-order valence-electron chi connectivity index (χ1n) is 9.35. The van der Waals surface area contributed by atoms with Crippen LogP contribution in [0.15, 0.2) is 40.6 Å². The van der Waals surface area contributed by atoms with Gasteiger partial charge in [-0.05, 0) is 49.4 Å². The van der Waals surface area contributed by atoms with Crippen molar-refractivity contribution >= 4 is 38.9 Å². The molecule has 0 aliphatic rings. The lowest BCUT2D eigenvalue weighted by atomic mass is 9.92. The first-order valence-corrected chi connectivity index (χ1v) is 12.1. The van der Waals surface area contributed by atoms with Gasteiger partial charge >= 0.3 is 0 Å². The molecule has 0 spiro atoms. The molecule has 0 fully saturated rings. The van der Waals surface area contributed by atoms with Gasteiger partial charge in [-0.2, -0.15) is 0 Å². The van der Waals surface area contributed by atoms with Gasteiger partial charge in [0.05, 0.1) is 21.5 Å². The number of rotatable bonds is 9. The van der Waals surface area contributed by atoms with Crippen LogP contribution in [0, 0.1) is 5.92 Å². The van der Waals surface area contributed by atoms with E-state index < -0.39 is 10.0 Å². The molecule has 2 aromatic rings. The summed E-state index contributed by atoms with van der Waals surface area (Å²) in [6, 6.07) is 7.75. The topological polar surface area (TPSA) is 75.3 Å². The van der Waals surface area contributed by atoms with E-state index in [1.165, 1.54) is 18.2 Å². The van der Waals surface area contributed by atoms with Crippen LogP contribution in [0.5, 0.6) is 0 Å². The predicted octanol–water partition coefficient (Wildman–Crippen LogP) is 5.00. The third kappa shape index (κ3) is 5.56. The molecule has 0 radical (unpaired) electrons. The molecule has 0 bridgehead atoms. The largest absolute Gasteiger partial charge is 0.344 e.